The predicted molar refractivity (Wildman–Crippen MR) is 70.7 cm³/mol. The SMILES string of the molecule is CNC(=O)CCCOC(=O)c1cc(N)cn1C1CC1. The summed E-state index contributed by atoms with van der Waals surface area (Å²) in [7, 11) is 1.58. The van der Waals surface area contributed by atoms with Crippen molar-refractivity contribution in [2.75, 3.05) is 19.4 Å². The molecule has 0 unspecified atom stereocenters. The summed E-state index contributed by atoms with van der Waals surface area (Å²) in [5.74, 6) is -0.429. The Hall–Kier alpha value is -1.98. The van der Waals surface area contributed by atoms with E-state index in [9.17, 15) is 9.59 Å². The highest BCUT2D eigenvalue weighted by Crippen LogP contribution is 2.37. The zero-order valence-electron chi connectivity index (χ0n) is 11.0. The fourth-order valence-electron chi connectivity index (χ4n) is 1.92. The molecule has 0 aliphatic heterocycles. The predicted octanol–water partition coefficient (Wildman–Crippen LogP) is 1.09. The van der Waals surface area contributed by atoms with Crippen molar-refractivity contribution in [1.29, 1.82) is 0 Å². The number of nitrogen functional groups attached to an aromatic ring is 1. The van der Waals surface area contributed by atoms with Crippen LogP contribution >= 0.6 is 0 Å². The highest BCUT2D eigenvalue weighted by molar-refractivity contribution is 5.89. The van der Waals surface area contributed by atoms with Gasteiger partial charge in [-0.15, -0.1) is 0 Å². The van der Waals surface area contributed by atoms with Gasteiger partial charge in [0.15, 0.2) is 0 Å². The average molecular weight is 265 g/mol. The number of amides is 1. The van der Waals surface area contributed by atoms with Gasteiger partial charge < -0.3 is 20.4 Å². The fraction of sp³-hybridized carbons (Fsp3) is 0.538. The molecule has 0 aromatic carbocycles. The van der Waals surface area contributed by atoms with E-state index in [0.717, 1.165) is 12.8 Å². The molecule has 1 aromatic heterocycles. The van der Waals surface area contributed by atoms with Crippen LogP contribution in [0.2, 0.25) is 0 Å². The molecule has 3 N–H and O–H groups in total. The van der Waals surface area contributed by atoms with Crippen LogP contribution in [0.25, 0.3) is 0 Å². The van der Waals surface area contributed by atoms with Crippen molar-refractivity contribution in [1.82, 2.24) is 9.88 Å². The maximum Gasteiger partial charge on any atom is 0.355 e. The van der Waals surface area contributed by atoms with Crippen molar-refractivity contribution in [3.8, 4) is 0 Å². The number of nitrogens with one attached hydrogen (secondary N) is 1. The van der Waals surface area contributed by atoms with Crippen LogP contribution in [-0.2, 0) is 9.53 Å². The Morgan fingerprint density at radius 3 is 2.89 bits per heavy atom. The van der Waals surface area contributed by atoms with E-state index >= 15 is 0 Å². The molecule has 0 atom stereocenters. The third-order valence-corrected chi connectivity index (χ3v) is 3.08. The number of ether oxygens (including phenoxy) is 1. The van der Waals surface area contributed by atoms with Gasteiger partial charge in [-0.3, -0.25) is 4.79 Å². The Balaban J connectivity index is 1.84. The molecule has 1 fully saturated rings. The zero-order chi connectivity index (χ0) is 13.8. The van der Waals surface area contributed by atoms with E-state index in [4.69, 9.17) is 10.5 Å². The minimum atomic E-state index is -0.375. The largest absolute Gasteiger partial charge is 0.461 e. The summed E-state index contributed by atoms with van der Waals surface area (Å²) in [4.78, 5) is 22.9. The standard InChI is InChI=1S/C13H19N3O3/c1-15-12(17)3-2-6-19-13(18)11-7-9(14)8-16(11)10-4-5-10/h7-8,10H,2-6,14H2,1H3,(H,15,17). The second-order valence-corrected chi connectivity index (χ2v) is 4.71. The Bertz CT molecular complexity index is 477. The van der Waals surface area contributed by atoms with Gasteiger partial charge >= 0.3 is 5.97 Å². The first-order valence-electron chi connectivity index (χ1n) is 6.47. The Morgan fingerprint density at radius 2 is 2.26 bits per heavy atom. The van der Waals surface area contributed by atoms with Crippen molar-refractivity contribution in [3.63, 3.8) is 0 Å². The monoisotopic (exact) mass is 265 g/mol. The highest BCUT2D eigenvalue weighted by Gasteiger charge is 2.28. The summed E-state index contributed by atoms with van der Waals surface area (Å²) < 4.78 is 7.04. The van der Waals surface area contributed by atoms with E-state index in [1.165, 1.54) is 0 Å². The van der Waals surface area contributed by atoms with Crippen molar-refractivity contribution >= 4 is 17.6 Å². The summed E-state index contributed by atoms with van der Waals surface area (Å²) in [5.41, 5.74) is 6.79. The molecule has 2 rings (SSSR count). The van der Waals surface area contributed by atoms with Crippen LogP contribution in [0.3, 0.4) is 0 Å². The van der Waals surface area contributed by atoms with E-state index in [-0.39, 0.29) is 18.5 Å². The van der Waals surface area contributed by atoms with Gasteiger partial charge in [0.2, 0.25) is 5.91 Å². The Kier molecular flexibility index (Phi) is 4.09. The first-order valence-corrected chi connectivity index (χ1v) is 6.47. The molecular weight excluding hydrogens is 246 g/mol. The van der Waals surface area contributed by atoms with Gasteiger partial charge in [-0.1, -0.05) is 0 Å². The summed E-state index contributed by atoms with van der Waals surface area (Å²) in [6.45, 7) is 0.238. The maximum atomic E-state index is 11.9. The molecule has 0 radical (unpaired) electrons. The number of anilines is 1. The number of rotatable bonds is 6. The van der Waals surface area contributed by atoms with Gasteiger partial charge in [0.1, 0.15) is 5.69 Å². The van der Waals surface area contributed by atoms with E-state index < -0.39 is 0 Å². The number of aromatic nitrogens is 1. The molecule has 1 aromatic rings. The zero-order valence-corrected chi connectivity index (χ0v) is 11.0. The first kappa shape index (κ1) is 13.5. The van der Waals surface area contributed by atoms with Gasteiger partial charge in [-0.25, -0.2) is 4.79 Å². The molecule has 1 saturated carbocycles. The van der Waals surface area contributed by atoms with E-state index in [1.807, 2.05) is 4.57 Å². The summed E-state index contributed by atoms with van der Waals surface area (Å²) in [6, 6.07) is 2.02. The van der Waals surface area contributed by atoms with Crippen molar-refractivity contribution in [2.45, 2.75) is 31.7 Å². The van der Waals surface area contributed by atoms with Crippen LogP contribution in [0.5, 0.6) is 0 Å². The molecule has 0 spiro atoms. The lowest BCUT2D eigenvalue weighted by molar-refractivity contribution is -0.120. The second kappa shape index (κ2) is 5.77. The molecule has 6 heteroatoms. The van der Waals surface area contributed by atoms with Crippen LogP contribution in [0.4, 0.5) is 5.69 Å². The fourth-order valence-corrected chi connectivity index (χ4v) is 1.92. The van der Waals surface area contributed by atoms with Gasteiger partial charge in [-0.05, 0) is 25.3 Å². The molecule has 6 nitrogen and oxygen atoms in total. The summed E-state index contributed by atoms with van der Waals surface area (Å²) >= 11 is 0. The van der Waals surface area contributed by atoms with Crippen LogP contribution < -0.4 is 11.1 Å². The molecule has 0 saturated heterocycles. The second-order valence-electron chi connectivity index (χ2n) is 4.71. The number of carbonyl (C=O) groups excluding carboxylic acids is 2. The number of esters is 1. The lowest BCUT2D eigenvalue weighted by Gasteiger charge is -2.07. The van der Waals surface area contributed by atoms with E-state index in [2.05, 4.69) is 5.32 Å². The summed E-state index contributed by atoms with van der Waals surface area (Å²) in [6.07, 6.45) is 4.80. The third kappa shape index (κ3) is 3.49. The third-order valence-electron chi connectivity index (χ3n) is 3.08. The van der Waals surface area contributed by atoms with Gasteiger partial charge in [0.25, 0.3) is 0 Å². The lowest BCUT2D eigenvalue weighted by Crippen LogP contribution is -2.18. The Morgan fingerprint density at radius 1 is 1.53 bits per heavy atom. The highest BCUT2D eigenvalue weighted by atomic mass is 16.5. The van der Waals surface area contributed by atoms with E-state index in [0.29, 0.717) is 30.3 Å². The van der Waals surface area contributed by atoms with Crippen molar-refractivity contribution in [2.24, 2.45) is 0 Å². The molecule has 19 heavy (non-hydrogen) atoms. The van der Waals surface area contributed by atoms with Crippen LogP contribution in [0.1, 0.15) is 42.2 Å². The van der Waals surface area contributed by atoms with Crippen LogP contribution in [0, 0.1) is 0 Å². The van der Waals surface area contributed by atoms with Crippen molar-refractivity contribution < 1.29 is 14.3 Å². The molecular formula is C13H19N3O3. The van der Waals surface area contributed by atoms with Gasteiger partial charge in [0, 0.05) is 25.7 Å². The molecule has 1 amide bonds. The lowest BCUT2D eigenvalue weighted by atomic mass is 10.3. The minimum absolute atomic E-state index is 0.0540. The van der Waals surface area contributed by atoms with E-state index in [1.54, 1.807) is 19.3 Å². The smallest absolute Gasteiger partial charge is 0.355 e. The number of carbonyl (C=O) groups is 2. The van der Waals surface area contributed by atoms with Crippen molar-refractivity contribution in [3.05, 3.63) is 18.0 Å². The number of nitrogens with two attached hydrogens (primary N) is 1. The minimum Gasteiger partial charge on any atom is -0.461 e. The van der Waals surface area contributed by atoms with Gasteiger partial charge in [0.05, 0.1) is 12.3 Å². The number of nitrogens with zero attached hydrogens (tertiary/aromatic N) is 1. The first-order chi connectivity index (χ1) is 9.11. The Labute approximate surface area is 111 Å². The number of hydrogen-bond donors (Lipinski definition) is 2. The quantitative estimate of drug-likeness (QED) is 0.595. The number of hydrogen-bond acceptors (Lipinski definition) is 4. The topological polar surface area (TPSA) is 86.3 Å². The normalized spacial score (nSPS) is 14.2. The molecule has 1 heterocycles. The maximum absolute atomic E-state index is 11.9. The molecule has 1 aliphatic rings. The average Bonchev–Trinajstić information content (AvgIpc) is 3.17. The molecule has 1 aliphatic carbocycles. The van der Waals surface area contributed by atoms with Gasteiger partial charge in [-0.2, -0.15) is 0 Å². The van der Waals surface area contributed by atoms with Crippen LogP contribution in [-0.4, -0.2) is 30.1 Å². The molecule has 0 bridgehead atoms. The molecule has 104 valence electrons. The summed E-state index contributed by atoms with van der Waals surface area (Å²) in [5, 5.41) is 2.52. The van der Waals surface area contributed by atoms with Crippen LogP contribution in [0.15, 0.2) is 12.3 Å².